The Labute approximate surface area is 212 Å². The van der Waals surface area contributed by atoms with Gasteiger partial charge in [0.25, 0.3) is 0 Å². The van der Waals surface area contributed by atoms with Gasteiger partial charge in [-0.1, -0.05) is 23.7 Å². The van der Waals surface area contributed by atoms with Crippen LogP contribution in [0.2, 0.25) is 5.02 Å². The molecule has 0 saturated carbocycles. The van der Waals surface area contributed by atoms with Crippen molar-refractivity contribution in [3.8, 4) is 23.0 Å². The lowest BCUT2D eigenvalue weighted by molar-refractivity contribution is 0.284. The molecule has 0 aliphatic rings. The Balaban J connectivity index is 0.00000272. The van der Waals surface area contributed by atoms with Gasteiger partial charge in [-0.15, -0.1) is 24.8 Å². The van der Waals surface area contributed by atoms with Gasteiger partial charge < -0.3 is 24.3 Å². The lowest BCUT2D eigenvalue weighted by Gasteiger charge is -2.15. The number of pyridine rings is 1. The summed E-state index contributed by atoms with van der Waals surface area (Å²) < 4.78 is 22.0. The molecule has 0 aliphatic heterocycles. The van der Waals surface area contributed by atoms with Crippen molar-refractivity contribution in [1.82, 2.24) is 10.3 Å². The van der Waals surface area contributed by atoms with Gasteiger partial charge in [-0.2, -0.15) is 0 Å². The predicted octanol–water partition coefficient (Wildman–Crippen LogP) is 5.52. The van der Waals surface area contributed by atoms with Crippen molar-refractivity contribution in [2.75, 3.05) is 27.9 Å². The van der Waals surface area contributed by atoms with Crippen LogP contribution < -0.4 is 24.3 Å². The van der Waals surface area contributed by atoms with Crippen LogP contribution in [-0.4, -0.2) is 32.9 Å². The SMILES string of the molecule is COc1ccc(CCNCc2cc(Cl)c(OCc3cccnc3)c(OC)c2)cc1OC.Cl.Cl. The zero-order valence-electron chi connectivity index (χ0n) is 18.8. The summed E-state index contributed by atoms with van der Waals surface area (Å²) in [5.74, 6) is 2.60. The van der Waals surface area contributed by atoms with Crippen molar-refractivity contribution in [2.24, 2.45) is 0 Å². The number of halogens is 3. The van der Waals surface area contributed by atoms with E-state index in [2.05, 4.69) is 10.3 Å². The summed E-state index contributed by atoms with van der Waals surface area (Å²) in [5.41, 5.74) is 3.14. The van der Waals surface area contributed by atoms with E-state index >= 15 is 0 Å². The average molecular weight is 516 g/mol. The molecule has 0 unspecified atom stereocenters. The molecule has 1 aromatic heterocycles. The molecule has 0 bridgehead atoms. The van der Waals surface area contributed by atoms with Crippen LogP contribution in [0.3, 0.4) is 0 Å². The van der Waals surface area contributed by atoms with Crippen LogP contribution in [0.1, 0.15) is 16.7 Å². The Hall–Kier alpha value is -2.38. The van der Waals surface area contributed by atoms with Gasteiger partial charge in [-0.3, -0.25) is 4.98 Å². The summed E-state index contributed by atoms with van der Waals surface area (Å²) in [6.07, 6.45) is 4.35. The fraction of sp³-hybridized carbons (Fsp3) is 0.292. The van der Waals surface area contributed by atoms with Gasteiger partial charge in [0.2, 0.25) is 0 Å². The van der Waals surface area contributed by atoms with Crippen LogP contribution >= 0.6 is 36.4 Å². The zero-order valence-corrected chi connectivity index (χ0v) is 21.2. The van der Waals surface area contributed by atoms with Crippen LogP contribution in [0.5, 0.6) is 23.0 Å². The summed E-state index contributed by atoms with van der Waals surface area (Å²) in [4.78, 5) is 4.09. The molecule has 1 N–H and O–H groups in total. The predicted molar refractivity (Wildman–Crippen MR) is 136 cm³/mol. The molecule has 3 rings (SSSR count). The lowest BCUT2D eigenvalue weighted by atomic mass is 10.1. The number of nitrogens with zero attached hydrogens (tertiary/aromatic N) is 1. The quantitative estimate of drug-likeness (QED) is 0.340. The summed E-state index contributed by atoms with van der Waals surface area (Å²) in [6.45, 7) is 1.83. The minimum atomic E-state index is 0. The summed E-state index contributed by atoms with van der Waals surface area (Å²) >= 11 is 6.48. The van der Waals surface area contributed by atoms with Crippen LogP contribution in [0.25, 0.3) is 0 Å². The van der Waals surface area contributed by atoms with E-state index in [4.69, 9.17) is 30.5 Å². The van der Waals surface area contributed by atoms with E-state index in [0.717, 1.165) is 35.6 Å². The molecule has 0 amide bonds. The molecule has 33 heavy (non-hydrogen) atoms. The van der Waals surface area contributed by atoms with Gasteiger partial charge in [0.15, 0.2) is 23.0 Å². The van der Waals surface area contributed by atoms with Gasteiger partial charge in [-0.25, -0.2) is 0 Å². The standard InChI is InChI=1S/C24H27ClN2O4.2ClH/c1-28-21-7-6-17(12-22(21)29-2)8-10-27-15-19-11-20(25)24(23(13-19)30-3)31-16-18-5-4-9-26-14-18;;/h4-7,9,11-14,27H,8,10,15-16H2,1-3H3;2*1H. The topological polar surface area (TPSA) is 61.8 Å². The van der Waals surface area contributed by atoms with Crippen LogP contribution in [-0.2, 0) is 19.6 Å². The summed E-state index contributed by atoms with van der Waals surface area (Å²) in [5, 5.41) is 3.95. The molecule has 0 atom stereocenters. The van der Waals surface area contributed by atoms with E-state index in [9.17, 15) is 0 Å². The van der Waals surface area contributed by atoms with Crippen LogP contribution in [0.15, 0.2) is 54.9 Å². The average Bonchev–Trinajstić information content (AvgIpc) is 2.81. The third-order valence-corrected chi connectivity index (χ3v) is 5.04. The van der Waals surface area contributed by atoms with Crippen LogP contribution in [0.4, 0.5) is 0 Å². The molecule has 0 saturated heterocycles. The van der Waals surface area contributed by atoms with Gasteiger partial charge in [0, 0.05) is 24.5 Å². The summed E-state index contributed by atoms with van der Waals surface area (Å²) in [7, 11) is 4.88. The first-order chi connectivity index (χ1) is 15.1. The highest BCUT2D eigenvalue weighted by molar-refractivity contribution is 6.32. The maximum atomic E-state index is 6.48. The van der Waals surface area contributed by atoms with E-state index in [1.807, 2.05) is 42.5 Å². The molecule has 9 heteroatoms. The second kappa shape index (κ2) is 14.7. The minimum Gasteiger partial charge on any atom is -0.493 e. The van der Waals surface area contributed by atoms with Crippen molar-refractivity contribution < 1.29 is 18.9 Å². The molecule has 2 aromatic carbocycles. The van der Waals surface area contributed by atoms with Crippen molar-refractivity contribution in [2.45, 2.75) is 19.6 Å². The number of hydrogen-bond donors (Lipinski definition) is 1. The zero-order chi connectivity index (χ0) is 22.1. The fourth-order valence-corrected chi connectivity index (χ4v) is 3.44. The Morgan fingerprint density at radius 3 is 2.24 bits per heavy atom. The van der Waals surface area contributed by atoms with Crippen LogP contribution in [0, 0.1) is 0 Å². The van der Waals surface area contributed by atoms with E-state index in [1.165, 1.54) is 5.56 Å². The largest absolute Gasteiger partial charge is 0.493 e. The van der Waals surface area contributed by atoms with Gasteiger partial charge >= 0.3 is 0 Å². The highest BCUT2D eigenvalue weighted by Gasteiger charge is 2.12. The molecule has 180 valence electrons. The van der Waals surface area contributed by atoms with Crippen molar-refractivity contribution in [1.29, 1.82) is 0 Å². The normalized spacial score (nSPS) is 9.94. The Morgan fingerprint density at radius 2 is 1.58 bits per heavy atom. The smallest absolute Gasteiger partial charge is 0.180 e. The van der Waals surface area contributed by atoms with Gasteiger partial charge in [0.1, 0.15) is 6.61 Å². The lowest BCUT2D eigenvalue weighted by Crippen LogP contribution is -2.17. The first-order valence-corrected chi connectivity index (χ1v) is 10.3. The number of rotatable bonds is 11. The minimum absolute atomic E-state index is 0. The summed E-state index contributed by atoms with van der Waals surface area (Å²) in [6, 6.07) is 13.6. The Kier molecular flexibility index (Phi) is 12.8. The number of aromatic nitrogens is 1. The highest BCUT2D eigenvalue weighted by Crippen LogP contribution is 2.37. The molecule has 0 aliphatic carbocycles. The maximum Gasteiger partial charge on any atom is 0.180 e. The van der Waals surface area contributed by atoms with Gasteiger partial charge in [0.05, 0.1) is 26.4 Å². The van der Waals surface area contributed by atoms with Crippen molar-refractivity contribution in [3.63, 3.8) is 0 Å². The molecule has 1 heterocycles. The molecule has 0 fully saturated rings. The number of benzene rings is 2. The highest BCUT2D eigenvalue weighted by atomic mass is 35.5. The molecule has 6 nitrogen and oxygen atoms in total. The van der Waals surface area contributed by atoms with E-state index < -0.39 is 0 Å². The number of nitrogens with one attached hydrogen (secondary N) is 1. The molecule has 0 radical (unpaired) electrons. The molecular weight excluding hydrogens is 487 g/mol. The molecular formula is C24H29Cl3N2O4. The fourth-order valence-electron chi connectivity index (χ4n) is 3.16. The maximum absolute atomic E-state index is 6.48. The Bertz CT molecular complexity index is 991. The van der Waals surface area contributed by atoms with Crippen molar-refractivity contribution >= 4 is 36.4 Å². The van der Waals surface area contributed by atoms with Gasteiger partial charge in [-0.05, 0) is 54.4 Å². The Morgan fingerprint density at radius 1 is 0.848 bits per heavy atom. The van der Waals surface area contributed by atoms with E-state index in [-0.39, 0.29) is 24.8 Å². The third kappa shape index (κ3) is 8.16. The second-order valence-electron chi connectivity index (χ2n) is 6.88. The van der Waals surface area contributed by atoms with Crippen molar-refractivity contribution in [3.05, 3.63) is 76.6 Å². The monoisotopic (exact) mass is 514 g/mol. The first kappa shape index (κ1) is 28.7. The molecule has 3 aromatic rings. The number of hydrogen-bond acceptors (Lipinski definition) is 6. The van der Waals surface area contributed by atoms with E-state index in [1.54, 1.807) is 33.7 Å². The molecule has 0 spiro atoms. The number of ether oxygens (including phenoxy) is 4. The van der Waals surface area contributed by atoms with E-state index in [0.29, 0.717) is 29.7 Å². The second-order valence-corrected chi connectivity index (χ2v) is 7.28. The number of methoxy groups -OCH3 is 3. The first-order valence-electron chi connectivity index (χ1n) is 9.94. The third-order valence-electron chi connectivity index (χ3n) is 4.76.